The minimum atomic E-state index is -0.504. The summed E-state index contributed by atoms with van der Waals surface area (Å²) < 4.78 is 5.07. The highest BCUT2D eigenvalue weighted by Crippen LogP contribution is 2.24. The number of hydrogen-bond acceptors (Lipinski definition) is 5. The second-order valence-electron chi connectivity index (χ2n) is 6.11. The number of benzene rings is 1. The molecule has 0 saturated carbocycles. The molecule has 1 amide bonds. The number of ether oxygens (including phenoxy) is 1. The summed E-state index contributed by atoms with van der Waals surface area (Å²) in [6.07, 6.45) is 3.06. The molecule has 0 aliphatic carbocycles. The van der Waals surface area contributed by atoms with E-state index >= 15 is 0 Å². The molecule has 1 unspecified atom stereocenters. The van der Waals surface area contributed by atoms with Crippen LogP contribution in [0.3, 0.4) is 0 Å². The summed E-state index contributed by atoms with van der Waals surface area (Å²) >= 11 is 6.05. The van der Waals surface area contributed by atoms with E-state index in [-0.39, 0.29) is 17.5 Å². The lowest BCUT2D eigenvalue weighted by Gasteiger charge is -2.30. The molecule has 1 heterocycles. The number of likely N-dealkylation sites (tertiary alicyclic amines) is 1. The first kappa shape index (κ1) is 19.8. The average Bonchev–Trinajstić information content (AvgIpc) is 2.64. The van der Waals surface area contributed by atoms with Gasteiger partial charge < -0.3 is 15.0 Å². The topological polar surface area (TPSA) is 82.4 Å². The maximum absolute atomic E-state index is 12.4. The second kappa shape index (κ2) is 9.25. The molecule has 26 heavy (non-hydrogen) atoms. The Morgan fingerprint density at radius 3 is 2.96 bits per heavy atom. The third-order valence-electron chi connectivity index (χ3n) is 4.27. The van der Waals surface area contributed by atoms with Crippen LogP contribution in [0.25, 0.3) is 0 Å². The Bertz CT molecular complexity index is 755. The third-order valence-corrected chi connectivity index (χ3v) is 4.67. The van der Waals surface area contributed by atoms with Crippen LogP contribution in [0.2, 0.25) is 5.02 Å². The lowest BCUT2D eigenvalue weighted by Crippen LogP contribution is -2.37. The summed E-state index contributed by atoms with van der Waals surface area (Å²) in [6, 6.07) is 7.12. The molecular weight excluding hydrogens is 354 g/mol. The molecule has 1 aliphatic rings. The highest BCUT2D eigenvalue weighted by Gasteiger charge is 2.26. The highest BCUT2D eigenvalue weighted by atomic mass is 35.5. The van der Waals surface area contributed by atoms with E-state index in [0.29, 0.717) is 30.4 Å². The van der Waals surface area contributed by atoms with Crippen LogP contribution in [0.1, 0.15) is 25.3 Å². The minimum Gasteiger partial charge on any atom is -0.466 e. The Hall–Kier alpha value is -2.52. The first-order chi connectivity index (χ1) is 12.5. The minimum absolute atomic E-state index is 0.0196. The number of esters is 1. The molecule has 0 bridgehead atoms. The van der Waals surface area contributed by atoms with Crippen molar-refractivity contribution in [1.29, 1.82) is 5.26 Å². The van der Waals surface area contributed by atoms with Gasteiger partial charge in [0.1, 0.15) is 11.6 Å². The van der Waals surface area contributed by atoms with Crippen molar-refractivity contribution >= 4 is 29.2 Å². The fourth-order valence-corrected chi connectivity index (χ4v) is 3.00. The number of anilines is 1. The van der Waals surface area contributed by atoms with Gasteiger partial charge in [-0.3, -0.25) is 9.59 Å². The average molecular weight is 376 g/mol. The van der Waals surface area contributed by atoms with Gasteiger partial charge in [0.15, 0.2) is 0 Å². The predicted molar refractivity (Wildman–Crippen MR) is 99.4 cm³/mol. The van der Waals surface area contributed by atoms with Gasteiger partial charge >= 0.3 is 5.97 Å². The first-order valence-electron chi connectivity index (χ1n) is 8.55. The number of nitrogens with zero attached hydrogens (tertiary/aromatic N) is 2. The van der Waals surface area contributed by atoms with Crippen LogP contribution in [-0.2, 0) is 14.3 Å². The smallest absolute Gasteiger partial charge is 0.310 e. The van der Waals surface area contributed by atoms with E-state index in [1.54, 1.807) is 32.0 Å². The number of hydrogen-bond donors (Lipinski definition) is 1. The van der Waals surface area contributed by atoms with Gasteiger partial charge in [-0.05, 0) is 44.4 Å². The number of rotatable bonds is 5. The molecular formula is C19H22ClN3O3. The van der Waals surface area contributed by atoms with Crippen molar-refractivity contribution < 1.29 is 14.3 Å². The normalized spacial score (nSPS) is 17.4. The molecule has 1 aromatic carbocycles. The molecule has 1 saturated heterocycles. The SMILES string of the molecule is CCOC(=O)C1CCCN(/C=C(/C#N)C(=O)Nc2cccc(Cl)c2C)C1. The van der Waals surface area contributed by atoms with E-state index in [2.05, 4.69) is 5.32 Å². The number of amides is 1. The molecule has 138 valence electrons. The van der Waals surface area contributed by atoms with E-state index in [4.69, 9.17) is 16.3 Å². The monoisotopic (exact) mass is 375 g/mol. The summed E-state index contributed by atoms with van der Waals surface area (Å²) in [5, 5.41) is 12.6. The number of nitriles is 1. The van der Waals surface area contributed by atoms with Crippen molar-refractivity contribution in [3.8, 4) is 6.07 Å². The standard InChI is InChI=1S/C19H22ClN3O3/c1-3-26-19(25)14-6-5-9-23(11-14)12-15(10-21)18(24)22-17-8-4-7-16(20)13(17)2/h4,7-8,12,14H,3,5-6,9,11H2,1-2H3,(H,22,24)/b15-12-. The molecule has 1 fully saturated rings. The molecule has 6 nitrogen and oxygen atoms in total. The van der Waals surface area contributed by atoms with Crippen LogP contribution in [0.5, 0.6) is 0 Å². The Kier molecular flexibility index (Phi) is 7.05. The molecule has 0 aromatic heterocycles. The number of carbonyl (C=O) groups excluding carboxylic acids is 2. The first-order valence-corrected chi connectivity index (χ1v) is 8.93. The Labute approximate surface area is 158 Å². The van der Waals surface area contributed by atoms with E-state index in [9.17, 15) is 14.9 Å². The zero-order valence-electron chi connectivity index (χ0n) is 14.9. The molecule has 1 N–H and O–H groups in total. The molecule has 0 radical (unpaired) electrons. The van der Waals surface area contributed by atoms with Gasteiger partial charge in [0.25, 0.3) is 5.91 Å². The van der Waals surface area contributed by atoms with Gasteiger partial charge in [-0.25, -0.2) is 0 Å². The predicted octanol–water partition coefficient (Wildman–Crippen LogP) is 3.27. The number of nitrogens with one attached hydrogen (secondary N) is 1. The largest absolute Gasteiger partial charge is 0.466 e. The summed E-state index contributed by atoms with van der Waals surface area (Å²) in [5.74, 6) is -0.975. The van der Waals surface area contributed by atoms with Crippen LogP contribution < -0.4 is 5.32 Å². The third kappa shape index (κ3) is 4.99. The van der Waals surface area contributed by atoms with Gasteiger partial charge in [-0.15, -0.1) is 0 Å². The van der Waals surface area contributed by atoms with E-state index < -0.39 is 5.91 Å². The lowest BCUT2D eigenvalue weighted by atomic mass is 9.98. The fourth-order valence-electron chi connectivity index (χ4n) is 2.83. The Morgan fingerprint density at radius 2 is 2.27 bits per heavy atom. The highest BCUT2D eigenvalue weighted by molar-refractivity contribution is 6.31. The number of piperidine rings is 1. The van der Waals surface area contributed by atoms with Crippen LogP contribution in [-0.4, -0.2) is 36.5 Å². The van der Waals surface area contributed by atoms with Crippen molar-refractivity contribution in [3.63, 3.8) is 0 Å². The summed E-state index contributed by atoms with van der Waals surface area (Å²) in [6.45, 7) is 5.03. The van der Waals surface area contributed by atoms with E-state index in [1.807, 2.05) is 11.0 Å². The van der Waals surface area contributed by atoms with Crippen LogP contribution in [0, 0.1) is 24.2 Å². The Balaban J connectivity index is 2.09. The molecule has 1 aliphatic heterocycles. The van der Waals surface area contributed by atoms with Gasteiger partial charge in [0.2, 0.25) is 0 Å². The molecule has 0 spiro atoms. The maximum atomic E-state index is 12.4. The van der Waals surface area contributed by atoms with Crippen molar-refractivity contribution in [3.05, 3.63) is 40.6 Å². The lowest BCUT2D eigenvalue weighted by molar-refractivity contribution is -0.149. The molecule has 1 atom stereocenters. The number of carbonyl (C=O) groups is 2. The summed E-state index contributed by atoms with van der Waals surface area (Å²) in [4.78, 5) is 26.2. The zero-order chi connectivity index (χ0) is 19.1. The quantitative estimate of drug-likeness (QED) is 0.485. The maximum Gasteiger partial charge on any atom is 0.310 e. The summed E-state index contributed by atoms with van der Waals surface area (Å²) in [7, 11) is 0. The molecule has 2 rings (SSSR count). The van der Waals surface area contributed by atoms with E-state index in [1.165, 1.54) is 6.20 Å². The van der Waals surface area contributed by atoms with Crippen molar-refractivity contribution in [1.82, 2.24) is 4.90 Å². The molecule has 7 heteroatoms. The second-order valence-corrected chi connectivity index (χ2v) is 6.51. The van der Waals surface area contributed by atoms with Crippen molar-refractivity contribution in [2.75, 3.05) is 25.0 Å². The summed E-state index contributed by atoms with van der Waals surface area (Å²) in [5.41, 5.74) is 1.28. The van der Waals surface area contributed by atoms with Gasteiger partial charge in [-0.1, -0.05) is 17.7 Å². The van der Waals surface area contributed by atoms with Gasteiger partial charge in [0, 0.05) is 30.0 Å². The van der Waals surface area contributed by atoms with Gasteiger partial charge in [-0.2, -0.15) is 5.26 Å². The van der Waals surface area contributed by atoms with Crippen molar-refractivity contribution in [2.24, 2.45) is 5.92 Å². The zero-order valence-corrected chi connectivity index (χ0v) is 15.7. The van der Waals surface area contributed by atoms with Crippen molar-refractivity contribution in [2.45, 2.75) is 26.7 Å². The molecule has 1 aromatic rings. The van der Waals surface area contributed by atoms with Crippen LogP contribution >= 0.6 is 11.6 Å². The number of halogens is 1. The fraction of sp³-hybridized carbons (Fsp3) is 0.421. The van der Waals surface area contributed by atoms with Crippen LogP contribution in [0.15, 0.2) is 30.0 Å². The van der Waals surface area contributed by atoms with Gasteiger partial charge in [0.05, 0.1) is 12.5 Å². The van der Waals surface area contributed by atoms with Crippen LogP contribution in [0.4, 0.5) is 5.69 Å². The Morgan fingerprint density at radius 1 is 1.50 bits per heavy atom. The van der Waals surface area contributed by atoms with E-state index in [0.717, 1.165) is 18.4 Å².